The van der Waals surface area contributed by atoms with Crippen molar-refractivity contribution in [2.24, 2.45) is 0 Å². The number of carboxylic acid groups (broad SMARTS) is 1. The number of nitrogens with zero attached hydrogens (tertiary/aromatic N) is 1. The average Bonchev–Trinajstić information content (AvgIpc) is 1.79. The van der Waals surface area contributed by atoms with Crippen molar-refractivity contribution in [1.82, 2.24) is 10.2 Å². The number of nitrogens with one attached hydrogen (secondary N) is 1. The molecule has 6 fully saturated rings. The largest absolute Gasteiger partial charge is 0.507 e. The molecule has 32 heteroatoms. The van der Waals surface area contributed by atoms with E-state index in [4.69, 9.17) is 89.2 Å². The van der Waals surface area contributed by atoms with Crippen molar-refractivity contribution in [1.29, 1.82) is 0 Å². The van der Waals surface area contributed by atoms with Crippen LogP contribution in [0.1, 0.15) is 237 Å². The number of phenols is 2. The van der Waals surface area contributed by atoms with Gasteiger partial charge >= 0.3 is 17.4 Å². The summed E-state index contributed by atoms with van der Waals surface area (Å²) < 4.78 is 68.0. The van der Waals surface area contributed by atoms with E-state index < -0.39 is 46.4 Å². The first-order valence-corrected chi connectivity index (χ1v) is 46.1. The first-order chi connectivity index (χ1) is 62.1. The highest BCUT2D eigenvalue weighted by Gasteiger charge is 2.40. The van der Waals surface area contributed by atoms with E-state index in [0.29, 0.717) is 87.4 Å². The van der Waals surface area contributed by atoms with Gasteiger partial charge in [-0.25, -0.2) is 14.4 Å². The number of halogens is 5. The van der Waals surface area contributed by atoms with Crippen LogP contribution in [0, 0.1) is 0 Å². The number of piperidine rings is 2. The number of phenolic OH excluding ortho intramolecular Hbond substituents is 2. The Morgan fingerprint density at radius 1 is 0.519 bits per heavy atom. The molecule has 6 aliphatic rings. The number of methoxy groups -OCH3 is 2. The van der Waals surface area contributed by atoms with E-state index in [2.05, 4.69) is 86.4 Å². The molecule has 8 aromatic rings. The number of esters is 1. The van der Waals surface area contributed by atoms with Crippen LogP contribution in [0.4, 0.5) is 4.79 Å². The third-order valence-corrected chi connectivity index (χ3v) is 22.9. The number of aliphatic hydroxyl groups is 4. The maximum absolute atomic E-state index is 13.0. The zero-order valence-corrected chi connectivity index (χ0v) is 83.8. The Morgan fingerprint density at radius 2 is 0.924 bits per heavy atom. The van der Waals surface area contributed by atoms with Gasteiger partial charge in [0.2, 0.25) is 0 Å². The van der Waals surface area contributed by atoms with E-state index in [0.717, 1.165) is 84.2 Å². The number of aliphatic hydroxyl groups excluding tert-OH is 4. The van der Waals surface area contributed by atoms with Crippen molar-refractivity contribution in [3.8, 4) is 11.5 Å². The molecule has 0 radical (unpaired) electrons. The third-order valence-electron chi connectivity index (χ3n) is 19.9. The summed E-state index contributed by atoms with van der Waals surface area (Å²) in [5.41, 5.74) is 6.72. The standard InChI is InChI=1S/C18H25NO4.C14H18O4.C12H14O4.C11H13BrO2.C8H9BrO2.C8H7Br.C7H5BrO.C7H6O3.C6H13NO.C5H12O2.C3H5ClO2/c1-18(2)22-12-16(23-18)14-8-3-4-9-15(14)17(21)19-10-6-5-7-13(19)11-20;1-4-16-13(15)11-8-6-5-7-10(11)12-9-17-14(2,3)18-12;1-12(2)15-7-10(16-12)8-5-3-4-6-9(8)11(13)14;1-11(2)13-7-10(14-11)8-5-3-4-6-9(8)12;9-7-4-2-1-3-6(7)8(11)5-10;1-2-7-5-3-4-6-8(7)9;8-7-4-2-1-3-6(7)5-9;8-4-5-6(9)2-1-3-7(5)10;8-5-6-3-1-2-4-7-6;1-5(2,6-3)7-4;1-2-6-3(4)5/h3-4,8-9,13,16,20H,5-7,10-12H2,1-2H3;5-8,12H,4,9H2,1-3H3;3-6,10H,7H2,1-2H3,(H,13,14);3-6,10H,7H2,1-2H3;1-4,8,10-11H,5H2;2-6H,1H2;1-5H;1-4,9-10H;6-8H,1-5H2;1-4H3;2H2,1H3/t13-,16?;;;;;;;;6-;;/m0.......0../s1. The fourth-order valence-corrected chi connectivity index (χ4v) is 14.8. The molecule has 8 N–H and O–H groups in total. The van der Waals surface area contributed by atoms with Crippen molar-refractivity contribution in [3.63, 3.8) is 0 Å². The van der Waals surface area contributed by atoms with Crippen LogP contribution in [0.3, 0.4) is 0 Å². The van der Waals surface area contributed by atoms with Gasteiger partial charge in [-0.15, -0.1) is 0 Å². The summed E-state index contributed by atoms with van der Waals surface area (Å²) in [5, 5.41) is 66.1. The Kier molecular flexibility index (Phi) is 52.5. The summed E-state index contributed by atoms with van der Waals surface area (Å²) in [4.78, 5) is 67.7. The molecule has 6 heterocycles. The summed E-state index contributed by atoms with van der Waals surface area (Å²) in [6.07, 6.45) is 8.16. The van der Waals surface area contributed by atoms with E-state index in [1.807, 2.05) is 202 Å². The predicted molar refractivity (Wildman–Crippen MR) is 516 cm³/mol. The summed E-state index contributed by atoms with van der Waals surface area (Å²) in [7, 11) is 3.23. The van der Waals surface area contributed by atoms with Gasteiger partial charge in [-0.3, -0.25) is 14.4 Å². The first-order valence-electron chi connectivity index (χ1n) is 42.6. The van der Waals surface area contributed by atoms with Crippen LogP contribution in [0.2, 0.25) is 0 Å². The topological polar surface area (TPSA) is 370 Å². The average molecular weight is 2100 g/mol. The molecular formula is C99H127Br4ClN2O25. The molecule has 718 valence electrons. The van der Waals surface area contributed by atoms with Crippen LogP contribution in [-0.4, -0.2) is 204 Å². The molecule has 0 aromatic heterocycles. The molecule has 6 aliphatic heterocycles. The normalized spacial score (nSPS) is 19.2. The summed E-state index contributed by atoms with van der Waals surface area (Å²) in [5.74, 6) is -4.43. The second-order valence-corrected chi connectivity index (χ2v) is 35.4. The molecule has 7 atom stereocenters. The highest BCUT2D eigenvalue weighted by Crippen LogP contribution is 2.40. The second-order valence-electron chi connectivity index (χ2n) is 31.6. The Labute approximate surface area is 808 Å². The van der Waals surface area contributed by atoms with Crippen LogP contribution in [0.15, 0.2) is 213 Å². The van der Waals surface area contributed by atoms with Gasteiger partial charge in [-0.1, -0.05) is 216 Å². The van der Waals surface area contributed by atoms with Gasteiger partial charge in [0, 0.05) is 67.4 Å². The van der Waals surface area contributed by atoms with Crippen molar-refractivity contribution in [3.05, 3.63) is 274 Å². The predicted octanol–water partition coefficient (Wildman–Crippen LogP) is 20.9. The molecule has 8 aromatic carbocycles. The summed E-state index contributed by atoms with van der Waals surface area (Å²) >= 11 is 18.1. The Bertz CT molecular complexity index is 4710. The SMILES string of the molecule is C=Cc1ccccc1Br.CC1(C)OCC(c2ccccc2Br)O1.CC1(C)OCC(c2ccccc2C(=O)N2CCCC[C@H]2CO)O1.CC1(C)OCC(c2ccccc2C(=O)O)O1.CCOC(=O)Cl.CCOC(=O)c1ccccc1C1COC(C)(C)O1.COC(C)(C)OC.O=Cc1c(O)cccc1O.O=Cc1ccccc1Br.OCC(O)c1ccccc1Br.OC[C@@H]1CCCCN1. The molecule has 0 spiro atoms. The van der Waals surface area contributed by atoms with Crippen LogP contribution in [-0.2, 0) is 56.8 Å². The highest BCUT2D eigenvalue weighted by atomic mass is 79.9. The molecule has 131 heavy (non-hydrogen) atoms. The Hall–Kier alpha value is -8.07. The highest BCUT2D eigenvalue weighted by molar-refractivity contribution is 9.11. The van der Waals surface area contributed by atoms with Gasteiger partial charge in [0.05, 0.1) is 82.2 Å². The van der Waals surface area contributed by atoms with Gasteiger partial charge in [0.15, 0.2) is 41.5 Å². The van der Waals surface area contributed by atoms with Crippen LogP contribution in [0.5, 0.6) is 11.5 Å². The van der Waals surface area contributed by atoms with Gasteiger partial charge < -0.3 is 103 Å². The molecular weight excluding hydrogens is 1970 g/mol. The molecule has 6 saturated heterocycles. The number of rotatable bonds is 18. The Balaban J connectivity index is 0.000000308. The number of likely N-dealkylation sites (tertiary alicyclic amines) is 1. The van der Waals surface area contributed by atoms with E-state index in [-0.39, 0.29) is 78.2 Å². The number of aromatic carboxylic acids is 1. The first kappa shape index (κ1) is 115. The number of carbonyl (C=O) groups is 6. The molecule has 0 bridgehead atoms. The van der Waals surface area contributed by atoms with Gasteiger partial charge in [0.1, 0.15) is 42.0 Å². The van der Waals surface area contributed by atoms with E-state index in [9.17, 15) is 39.0 Å². The maximum Gasteiger partial charge on any atom is 0.403 e. The quantitative estimate of drug-likeness (QED) is 0.0171. The number of hydrogen-bond donors (Lipinski definition) is 8. The van der Waals surface area contributed by atoms with Gasteiger partial charge in [-0.05, 0) is 210 Å². The minimum atomic E-state index is -0.941. The van der Waals surface area contributed by atoms with Crippen LogP contribution in [0.25, 0.3) is 6.08 Å². The lowest BCUT2D eigenvalue weighted by atomic mass is 9.97. The fourth-order valence-electron chi connectivity index (χ4n) is 12.8. The number of carboxylic acids is 1. The van der Waals surface area contributed by atoms with Crippen molar-refractivity contribution in [2.75, 3.05) is 86.8 Å². The summed E-state index contributed by atoms with van der Waals surface area (Å²) in [6, 6.07) is 56.8. The lowest BCUT2D eigenvalue weighted by Gasteiger charge is -2.35. The summed E-state index contributed by atoms with van der Waals surface area (Å²) in [6.45, 7) is 30.3. The lowest BCUT2D eigenvalue weighted by Crippen LogP contribution is -2.46. The fraction of sp³-hybridized carbons (Fsp3) is 0.434. The number of aldehydes is 2. The molecule has 0 aliphatic carbocycles. The Morgan fingerprint density at radius 3 is 1.26 bits per heavy atom. The molecule has 27 nitrogen and oxygen atoms in total. The zero-order chi connectivity index (χ0) is 97.5. The number of ether oxygens (including phenoxy) is 12. The monoisotopic (exact) mass is 2090 g/mol. The van der Waals surface area contributed by atoms with Crippen LogP contribution < -0.4 is 5.32 Å². The second kappa shape index (κ2) is 59.6. The maximum atomic E-state index is 13.0. The number of benzene rings is 8. The van der Waals surface area contributed by atoms with E-state index >= 15 is 0 Å². The van der Waals surface area contributed by atoms with Crippen molar-refractivity contribution >= 4 is 117 Å². The molecule has 0 saturated carbocycles. The van der Waals surface area contributed by atoms with Crippen molar-refractivity contribution < 1.29 is 121 Å². The number of aromatic hydroxyl groups is 2. The van der Waals surface area contributed by atoms with Crippen LogP contribution >= 0.6 is 75.3 Å². The number of carbonyl (C=O) groups excluding carboxylic acids is 5. The lowest BCUT2D eigenvalue weighted by molar-refractivity contribution is -0.178. The third kappa shape index (κ3) is 41.4. The number of hydrogen-bond acceptors (Lipinski definition) is 25. The van der Waals surface area contributed by atoms with E-state index in [1.165, 1.54) is 31.0 Å². The van der Waals surface area contributed by atoms with E-state index in [1.54, 1.807) is 70.5 Å². The zero-order valence-electron chi connectivity index (χ0n) is 76.7. The van der Waals surface area contributed by atoms with Gasteiger partial charge in [0.25, 0.3) is 5.91 Å². The van der Waals surface area contributed by atoms with Crippen molar-refractivity contribution in [2.45, 2.75) is 193 Å². The number of amides is 1. The molecule has 14 rings (SSSR count). The van der Waals surface area contributed by atoms with Gasteiger partial charge in [-0.2, -0.15) is 0 Å². The smallest absolute Gasteiger partial charge is 0.403 e. The minimum Gasteiger partial charge on any atom is -0.507 e. The minimum absolute atomic E-state index is 0.0178. The molecule has 1 amide bonds. The molecule has 5 unspecified atom stereocenters.